The van der Waals surface area contributed by atoms with Gasteiger partial charge in [0.25, 0.3) is 5.91 Å². The Morgan fingerprint density at radius 2 is 1.74 bits per heavy atom. The topological polar surface area (TPSA) is 74.1 Å². The van der Waals surface area contributed by atoms with Crippen molar-refractivity contribution in [1.29, 1.82) is 0 Å². The molecule has 34 heavy (non-hydrogen) atoms. The lowest BCUT2D eigenvalue weighted by Crippen LogP contribution is -2.41. The van der Waals surface area contributed by atoms with E-state index in [4.69, 9.17) is 9.98 Å². The number of hydrogen-bond donors (Lipinski definition) is 1. The Hall–Kier alpha value is -3.71. The molecule has 2 heterocycles. The lowest BCUT2D eigenvalue weighted by Gasteiger charge is -2.27. The number of para-hydroxylation sites is 1. The van der Waals surface area contributed by atoms with Gasteiger partial charge in [-0.15, -0.1) is 0 Å². The molecule has 0 radical (unpaired) electrons. The van der Waals surface area contributed by atoms with E-state index >= 15 is 0 Å². The Balaban J connectivity index is 1.44. The van der Waals surface area contributed by atoms with Crippen molar-refractivity contribution in [2.45, 2.75) is 32.1 Å². The van der Waals surface area contributed by atoms with E-state index in [1.54, 1.807) is 4.90 Å². The van der Waals surface area contributed by atoms with Crippen LogP contribution in [0.1, 0.15) is 35.2 Å². The number of nitrogens with one attached hydrogen (secondary N) is 1. The molecule has 1 N–H and O–H groups in total. The van der Waals surface area contributed by atoms with E-state index in [0.717, 1.165) is 33.6 Å². The van der Waals surface area contributed by atoms with Gasteiger partial charge in [-0.3, -0.25) is 9.59 Å². The Morgan fingerprint density at radius 3 is 2.53 bits per heavy atom. The summed E-state index contributed by atoms with van der Waals surface area (Å²) in [5.41, 5.74) is 5.32. The maximum Gasteiger partial charge on any atom is 0.263 e. The van der Waals surface area contributed by atoms with Gasteiger partial charge in [-0.1, -0.05) is 66.4 Å². The SMILES string of the molecule is Cc1cccc(NC(=O)C(C)SC2=Nc3ccccc3C3=NC(c4ccccc4)C(=O)N23)c1C. The zero-order valence-corrected chi connectivity index (χ0v) is 20.0. The summed E-state index contributed by atoms with van der Waals surface area (Å²) in [5.74, 6) is 0.267. The number of rotatable bonds is 4. The van der Waals surface area contributed by atoms with Gasteiger partial charge in [-0.05, 0) is 55.7 Å². The summed E-state index contributed by atoms with van der Waals surface area (Å²) in [5, 5.41) is 3.00. The van der Waals surface area contributed by atoms with Gasteiger partial charge in [0.2, 0.25) is 5.91 Å². The molecule has 0 aromatic heterocycles. The maximum atomic E-state index is 13.5. The van der Waals surface area contributed by atoms with Crippen molar-refractivity contribution in [3.05, 3.63) is 95.1 Å². The second-order valence-electron chi connectivity index (χ2n) is 8.35. The first kappa shape index (κ1) is 22.1. The Kier molecular flexibility index (Phi) is 5.79. The molecule has 0 saturated carbocycles. The molecule has 0 saturated heterocycles. The summed E-state index contributed by atoms with van der Waals surface area (Å²) in [4.78, 5) is 37.6. The molecular weight excluding hydrogens is 444 g/mol. The Labute approximate surface area is 202 Å². The number of anilines is 1. The molecule has 170 valence electrons. The highest BCUT2D eigenvalue weighted by Crippen LogP contribution is 2.38. The summed E-state index contributed by atoms with van der Waals surface area (Å²) in [7, 11) is 0. The molecule has 0 aliphatic carbocycles. The van der Waals surface area contributed by atoms with Gasteiger partial charge in [0.1, 0.15) is 5.84 Å². The minimum absolute atomic E-state index is 0.148. The van der Waals surface area contributed by atoms with Crippen LogP contribution in [-0.4, -0.2) is 33.0 Å². The van der Waals surface area contributed by atoms with Crippen LogP contribution in [0.5, 0.6) is 0 Å². The molecule has 2 aliphatic heterocycles. The van der Waals surface area contributed by atoms with E-state index in [1.807, 2.05) is 93.6 Å². The van der Waals surface area contributed by atoms with E-state index in [-0.39, 0.29) is 11.8 Å². The van der Waals surface area contributed by atoms with Crippen LogP contribution in [0.4, 0.5) is 11.4 Å². The average molecular weight is 469 g/mol. The Bertz CT molecular complexity index is 1350. The predicted octanol–water partition coefficient (Wildman–Crippen LogP) is 5.40. The van der Waals surface area contributed by atoms with Crippen LogP contribution in [0.3, 0.4) is 0 Å². The van der Waals surface area contributed by atoms with Crippen molar-refractivity contribution in [3.8, 4) is 0 Å². The fraction of sp³-hybridized carbons (Fsp3) is 0.185. The highest BCUT2D eigenvalue weighted by molar-refractivity contribution is 8.15. The molecule has 2 unspecified atom stereocenters. The van der Waals surface area contributed by atoms with Gasteiger partial charge in [0.15, 0.2) is 11.2 Å². The van der Waals surface area contributed by atoms with E-state index in [0.29, 0.717) is 11.0 Å². The van der Waals surface area contributed by atoms with Crippen LogP contribution >= 0.6 is 11.8 Å². The molecule has 3 aromatic carbocycles. The standard InChI is InChI=1S/C27H24N4O2S/c1-16-10-9-15-21(17(16)2)28-25(32)18(3)34-27-29-22-14-8-7-13-20(22)24-30-23(26(33)31(24)27)19-11-5-4-6-12-19/h4-15,18,23H,1-3H3,(H,28,32). The number of nitrogens with zero attached hydrogens (tertiary/aromatic N) is 3. The minimum atomic E-state index is -0.632. The lowest BCUT2D eigenvalue weighted by atomic mass is 10.1. The average Bonchev–Trinajstić information content (AvgIpc) is 3.20. The third-order valence-electron chi connectivity index (χ3n) is 6.10. The first-order chi connectivity index (χ1) is 16.4. The number of benzene rings is 3. The summed E-state index contributed by atoms with van der Waals surface area (Å²) in [6, 6.07) is 22.4. The number of aliphatic imine (C=N–C) groups is 2. The summed E-state index contributed by atoms with van der Waals surface area (Å²) < 4.78 is 0. The van der Waals surface area contributed by atoms with Crippen molar-refractivity contribution in [2.24, 2.45) is 9.98 Å². The summed E-state index contributed by atoms with van der Waals surface area (Å²) in [6.07, 6.45) is 0. The molecule has 2 amide bonds. The second-order valence-corrected chi connectivity index (χ2v) is 9.66. The van der Waals surface area contributed by atoms with Gasteiger partial charge in [-0.25, -0.2) is 14.9 Å². The molecule has 0 spiro atoms. The van der Waals surface area contributed by atoms with Crippen LogP contribution < -0.4 is 5.32 Å². The Morgan fingerprint density at radius 1 is 1.00 bits per heavy atom. The van der Waals surface area contributed by atoms with Crippen LogP contribution in [0.2, 0.25) is 0 Å². The quantitative estimate of drug-likeness (QED) is 0.558. The first-order valence-electron chi connectivity index (χ1n) is 11.1. The largest absolute Gasteiger partial charge is 0.325 e. The molecule has 0 bridgehead atoms. The molecule has 2 atom stereocenters. The molecule has 6 nitrogen and oxygen atoms in total. The number of carbonyl (C=O) groups is 2. The number of fused-ring (bicyclic) bond motifs is 3. The van der Waals surface area contributed by atoms with E-state index in [1.165, 1.54) is 11.8 Å². The van der Waals surface area contributed by atoms with Crippen LogP contribution in [-0.2, 0) is 9.59 Å². The number of carbonyl (C=O) groups excluding carboxylic acids is 2. The van der Waals surface area contributed by atoms with Crippen LogP contribution in [0.15, 0.2) is 82.8 Å². The lowest BCUT2D eigenvalue weighted by molar-refractivity contribution is -0.124. The zero-order valence-electron chi connectivity index (χ0n) is 19.1. The minimum Gasteiger partial charge on any atom is -0.325 e. The van der Waals surface area contributed by atoms with E-state index in [9.17, 15) is 9.59 Å². The molecule has 0 fully saturated rings. The highest BCUT2D eigenvalue weighted by atomic mass is 32.2. The molecular formula is C27H24N4O2S. The van der Waals surface area contributed by atoms with Crippen LogP contribution in [0, 0.1) is 13.8 Å². The number of amidine groups is 2. The summed E-state index contributed by atoms with van der Waals surface area (Å²) >= 11 is 1.26. The van der Waals surface area contributed by atoms with Crippen molar-refractivity contribution in [3.63, 3.8) is 0 Å². The van der Waals surface area contributed by atoms with Gasteiger partial charge in [-0.2, -0.15) is 0 Å². The first-order valence-corrected chi connectivity index (χ1v) is 12.0. The fourth-order valence-corrected chi connectivity index (χ4v) is 4.93. The normalized spacial score (nSPS) is 17.4. The third-order valence-corrected chi connectivity index (χ3v) is 7.15. The van der Waals surface area contributed by atoms with E-state index in [2.05, 4.69) is 5.32 Å². The van der Waals surface area contributed by atoms with Crippen molar-refractivity contribution in [1.82, 2.24) is 4.90 Å². The predicted molar refractivity (Wildman–Crippen MR) is 138 cm³/mol. The van der Waals surface area contributed by atoms with Gasteiger partial charge in [0.05, 0.1) is 10.9 Å². The van der Waals surface area contributed by atoms with Gasteiger partial charge < -0.3 is 5.32 Å². The number of amides is 2. The molecule has 3 aromatic rings. The van der Waals surface area contributed by atoms with Gasteiger partial charge in [0, 0.05) is 11.3 Å². The summed E-state index contributed by atoms with van der Waals surface area (Å²) in [6.45, 7) is 5.82. The number of thioether (sulfide) groups is 1. The molecule has 5 rings (SSSR count). The zero-order chi connectivity index (χ0) is 23.8. The fourth-order valence-electron chi connectivity index (χ4n) is 4.01. The van der Waals surface area contributed by atoms with Gasteiger partial charge >= 0.3 is 0 Å². The van der Waals surface area contributed by atoms with Crippen molar-refractivity contribution in [2.75, 3.05) is 5.32 Å². The third kappa shape index (κ3) is 3.92. The second kappa shape index (κ2) is 8.91. The number of aryl methyl sites for hydroxylation is 1. The monoisotopic (exact) mass is 468 g/mol. The number of hydrogen-bond acceptors (Lipinski definition) is 5. The smallest absolute Gasteiger partial charge is 0.263 e. The highest BCUT2D eigenvalue weighted by Gasteiger charge is 2.42. The maximum absolute atomic E-state index is 13.5. The van der Waals surface area contributed by atoms with Crippen molar-refractivity contribution < 1.29 is 9.59 Å². The van der Waals surface area contributed by atoms with Crippen molar-refractivity contribution >= 4 is 46.0 Å². The van der Waals surface area contributed by atoms with Crippen LogP contribution in [0.25, 0.3) is 0 Å². The molecule has 7 heteroatoms. The molecule has 2 aliphatic rings. The van der Waals surface area contributed by atoms with E-state index < -0.39 is 11.3 Å².